The van der Waals surface area contributed by atoms with Gasteiger partial charge in [-0.25, -0.2) is 0 Å². The monoisotopic (exact) mass is 333 g/mol. The summed E-state index contributed by atoms with van der Waals surface area (Å²) in [5.74, 6) is 2.45. The molecule has 0 radical (unpaired) electrons. The van der Waals surface area contributed by atoms with Gasteiger partial charge in [-0.1, -0.05) is 25.9 Å². The standard InChI is InChI=1S/C18H27N3O3/c1-12(18(2,3)4)21(5)11-16-19-17(20-24-16)13-8-9-14(22-6)15(10-13)23-7/h8-10,12H,11H2,1-7H3/t12-/m0/s1. The van der Waals surface area contributed by atoms with E-state index in [0.29, 0.717) is 35.8 Å². The lowest BCUT2D eigenvalue weighted by atomic mass is 9.87. The first-order chi connectivity index (χ1) is 11.3. The zero-order chi connectivity index (χ0) is 17.9. The molecule has 2 rings (SSSR count). The van der Waals surface area contributed by atoms with Crippen LogP contribution < -0.4 is 9.47 Å². The van der Waals surface area contributed by atoms with Gasteiger partial charge in [-0.3, -0.25) is 4.90 Å². The molecule has 0 bridgehead atoms. The van der Waals surface area contributed by atoms with Crippen LogP contribution in [0.3, 0.4) is 0 Å². The van der Waals surface area contributed by atoms with Crippen LogP contribution in [-0.2, 0) is 6.54 Å². The average Bonchev–Trinajstić information content (AvgIpc) is 3.00. The number of hydrogen-bond acceptors (Lipinski definition) is 6. The molecule has 0 amide bonds. The fourth-order valence-electron chi connectivity index (χ4n) is 2.42. The van der Waals surface area contributed by atoms with Gasteiger partial charge in [0.2, 0.25) is 11.7 Å². The topological polar surface area (TPSA) is 60.6 Å². The molecule has 0 aliphatic heterocycles. The Bertz CT molecular complexity index is 676. The van der Waals surface area contributed by atoms with Crippen LogP contribution >= 0.6 is 0 Å². The van der Waals surface area contributed by atoms with Gasteiger partial charge in [-0.2, -0.15) is 4.98 Å². The third-order valence-corrected chi connectivity index (χ3v) is 4.41. The number of rotatable bonds is 6. The lowest BCUT2D eigenvalue weighted by Crippen LogP contribution is -2.38. The van der Waals surface area contributed by atoms with Gasteiger partial charge in [0.05, 0.1) is 20.8 Å². The van der Waals surface area contributed by atoms with Gasteiger partial charge >= 0.3 is 0 Å². The molecule has 0 unspecified atom stereocenters. The Labute approximate surface area is 143 Å². The van der Waals surface area contributed by atoms with E-state index in [2.05, 4.69) is 49.8 Å². The third kappa shape index (κ3) is 4.06. The van der Waals surface area contributed by atoms with Crippen LogP contribution in [0.2, 0.25) is 0 Å². The fraction of sp³-hybridized carbons (Fsp3) is 0.556. The van der Waals surface area contributed by atoms with E-state index in [4.69, 9.17) is 14.0 Å². The predicted octanol–water partition coefficient (Wildman–Crippen LogP) is 3.62. The van der Waals surface area contributed by atoms with Crippen molar-refractivity contribution in [2.75, 3.05) is 21.3 Å². The summed E-state index contributed by atoms with van der Waals surface area (Å²) in [5.41, 5.74) is 1.01. The van der Waals surface area contributed by atoms with Crippen molar-refractivity contribution in [1.82, 2.24) is 15.0 Å². The second kappa shape index (κ2) is 7.21. The number of methoxy groups -OCH3 is 2. The van der Waals surface area contributed by atoms with Crippen LogP contribution in [0.4, 0.5) is 0 Å². The molecule has 2 aromatic rings. The minimum absolute atomic E-state index is 0.181. The second-order valence-electron chi connectivity index (χ2n) is 7.04. The molecule has 0 aliphatic rings. The van der Waals surface area contributed by atoms with E-state index in [9.17, 15) is 0 Å². The first kappa shape index (κ1) is 18.3. The molecule has 0 saturated heterocycles. The SMILES string of the molecule is COc1ccc(-c2noc(CN(C)[C@@H](C)C(C)(C)C)n2)cc1OC. The maximum absolute atomic E-state index is 5.41. The molecule has 1 heterocycles. The Morgan fingerprint density at radius 2 is 1.83 bits per heavy atom. The zero-order valence-corrected chi connectivity index (χ0v) is 15.6. The van der Waals surface area contributed by atoms with Crippen molar-refractivity contribution < 1.29 is 14.0 Å². The van der Waals surface area contributed by atoms with E-state index in [0.717, 1.165) is 5.56 Å². The van der Waals surface area contributed by atoms with Crippen LogP contribution in [0.15, 0.2) is 22.7 Å². The summed E-state index contributed by atoms with van der Waals surface area (Å²) >= 11 is 0. The van der Waals surface area contributed by atoms with Crippen LogP contribution in [-0.4, -0.2) is 42.3 Å². The van der Waals surface area contributed by atoms with Crippen LogP contribution in [0.1, 0.15) is 33.6 Å². The fourth-order valence-corrected chi connectivity index (χ4v) is 2.42. The molecule has 24 heavy (non-hydrogen) atoms. The minimum Gasteiger partial charge on any atom is -0.493 e. The molecule has 0 N–H and O–H groups in total. The molecular formula is C18H27N3O3. The van der Waals surface area contributed by atoms with Crippen molar-refractivity contribution in [2.45, 2.75) is 40.3 Å². The van der Waals surface area contributed by atoms with E-state index in [-0.39, 0.29) is 5.41 Å². The highest BCUT2D eigenvalue weighted by atomic mass is 16.5. The van der Waals surface area contributed by atoms with Gasteiger partial charge in [0, 0.05) is 11.6 Å². The van der Waals surface area contributed by atoms with Gasteiger partial charge in [0.25, 0.3) is 0 Å². The minimum atomic E-state index is 0.181. The first-order valence-corrected chi connectivity index (χ1v) is 8.01. The van der Waals surface area contributed by atoms with Gasteiger partial charge in [0.15, 0.2) is 11.5 Å². The molecule has 132 valence electrons. The molecule has 0 fully saturated rings. The average molecular weight is 333 g/mol. The molecule has 0 aliphatic carbocycles. The maximum atomic E-state index is 5.41. The number of ether oxygens (including phenoxy) is 2. The van der Waals surface area contributed by atoms with Crippen LogP contribution in [0.25, 0.3) is 11.4 Å². The normalized spacial score (nSPS) is 13.2. The lowest BCUT2D eigenvalue weighted by molar-refractivity contribution is 0.122. The lowest BCUT2D eigenvalue weighted by Gasteiger charge is -2.34. The molecule has 6 heteroatoms. The van der Waals surface area contributed by atoms with Crippen molar-refractivity contribution in [1.29, 1.82) is 0 Å². The summed E-state index contributed by atoms with van der Waals surface area (Å²) in [7, 11) is 5.28. The zero-order valence-electron chi connectivity index (χ0n) is 15.6. The summed E-state index contributed by atoms with van der Waals surface area (Å²) in [5, 5.41) is 4.08. The predicted molar refractivity (Wildman–Crippen MR) is 93.2 cm³/mol. The van der Waals surface area contributed by atoms with Gasteiger partial charge < -0.3 is 14.0 Å². The number of hydrogen-bond donors (Lipinski definition) is 0. The van der Waals surface area contributed by atoms with Crippen molar-refractivity contribution in [3.63, 3.8) is 0 Å². The van der Waals surface area contributed by atoms with Crippen molar-refractivity contribution in [2.24, 2.45) is 5.41 Å². The summed E-state index contributed by atoms with van der Waals surface area (Å²) in [6, 6.07) is 5.94. The van der Waals surface area contributed by atoms with Gasteiger partial charge in [0.1, 0.15) is 0 Å². The Kier molecular flexibility index (Phi) is 5.49. The molecule has 6 nitrogen and oxygen atoms in total. The smallest absolute Gasteiger partial charge is 0.241 e. The summed E-state index contributed by atoms with van der Waals surface area (Å²) < 4.78 is 16.0. The number of benzene rings is 1. The Balaban J connectivity index is 2.16. The molecule has 1 aromatic heterocycles. The van der Waals surface area contributed by atoms with Crippen LogP contribution in [0.5, 0.6) is 11.5 Å². The summed E-state index contributed by atoms with van der Waals surface area (Å²) in [6.45, 7) is 9.47. The van der Waals surface area contributed by atoms with Crippen LogP contribution in [0, 0.1) is 5.41 Å². The molecule has 0 saturated carbocycles. The van der Waals surface area contributed by atoms with E-state index in [1.807, 2.05) is 18.2 Å². The van der Waals surface area contributed by atoms with Crippen molar-refractivity contribution >= 4 is 0 Å². The molecule has 0 spiro atoms. The molecular weight excluding hydrogens is 306 g/mol. The highest BCUT2D eigenvalue weighted by Crippen LogP contribution is 2.31. The first-order valence-electron chi connectivity index (χ1n) is 8.01. The van der Waals surface area contributed by atoms with E-state index < -0.39 is 0 Å². The summed E-state index contributed by atoms with van der Waals surface area (Å²) in [4.78, 5) is 6.71. The Morgan fingerprint density at radius 1 is 1.17 bits per heavy atom. The number of nitrogens with zero attached hydrogens (tertiary/aromatic N) is 3. The highest BCUT2D eigenvalue weighted by Gasteiger charge is 2.25. The van der Waals surface area contributed by atoms with E-state index in [1.165, 1.54) is 0 Å². The third-order valence-electron chi connectivity index (χ3n) is 4.41. The molecule has 1 atom stereocenters. The maximum Gasteiger partial charge on any atom is 0.241 e. The van der Waals surface area contributed by atoms with E-state index >= 15 is 0 Å². The van der Waals surface area contributed by atoms with Crippen molar-refractivity contribution in [3.05, 3.63) is 24.1 Å². The van der Waals surface area contributed by atoms with E-state index in [1.54, 1.807) is 14.2 Å². The largest absolute Gasteiger partial charge is 0.493 e. The highest BCUT2D eigenvalue weighted by molar-refractivity contribution is 5.60. The van der Waals surface area contributed by atoms with Gasteiger partial charge in [-0.05, 0) is 37.6 Å². The Morgan fingerprint density at radius 3 is 2.42 bits per heavy atom. The van der Waals surface area contributed by atoms with Crippen molar-refractivity contribution in [3.8, 4) is 22.9 Å². The second-order valence-corrected chi connectivity index (χ2v) is 7.04. The quantitative estimate of drug-likeness (QED) is 0.804. The number of aromatic nitrogens is 2. The molecule has 1 aromatic carbocycles. The van der Waals surface area contributed by atoms with Gasteiger partial charge in [-0.15, -0.1) is 0 Å². The summed E-state index contributed by atoms with van der Waals surface area (Å²) in [6.07, 6.45) is 0. The Hall–Kier alpha value is -2.08.